The summed E-state index contributed by atoms with van der Waals surface area (Å²) < 4.78 is 0. The lowest BCUT2D eigenvalue weighted by Crippen LogP contribution is -2.67. The fraction of sp³-hybridized carbons (Fsp3) is 0. The van der Waals surface area contributed by atoms with Gasteiger partial charge in [-0.2, -0.15) is 0 Å². The minimum Gasteiger partial charge on any atom is -0.348 e. The van der Waals surface area contributed by atoms with Gasteiger partial charge in [-0.15, -0.1) is 0 Å². The van der Waals surface area contributed by atoms with Gasteiger partial charge in [0.05, 0.1) is 0 Å². The fourth-order valence-corrected chi connectivity index (χ4v) is 2.56. The van der Waals surface area contributed by atoms with Crippen molar-refractivity contribution in [1.29, 1.82) is 0 Å². The molecule has 3 nitrogen and oxygen atoms in total. The van der Waals surface area contributed by atoms with E-state index in [1.165, 1.54) is 0 Å². The van der Waals surface area contributed by atoms with E-state index in [9.17, 15) is 0 Å². The smallest absolute Gasteiger partial charge is 0.256 e. The molecule has 0 fully saturated rings. The zero-order valence-electron chi connectivity index (χ0n) is 13.2. The van der Waals surface area contributed by atoms with E-state index in [4.69, 9.17) is 0 Å². The van der Waals surface area contributed by atoms with Gasteiger partial charge in [0.15, 0.2) is 0 Å². The summed E-state index contributed by atoms with van der Waals surface area (Å²) >= 11 is 0. The third-order valence-electron chi connectivity index (χ3n) is 3.82. The molecule has 0 aliphatic rings. The van der Waals surface area contributed by atoms with Crippen LogP contribution in [0.25, 0.3) is 0 Å². The lowest BCUT2D eigenvalue weighted by Gasteiger charge is -2.00. The van der Waals surface area contributed by atoms with Gasteiger partial charge >= 0.3 is 0 Å². The summed E-state index contributed by atoms with van der Waals surface area (Å²) in [5.41, 5.74) is 5.40. The molecule has 0 bridgehead atoms. The van der Waals surface area contributed by atoms with Crippen LogP contribution in [0.5, 0.6) is 0 Å². The second-order valence-corrected chi connectivity index (χ2v) is 5.60. The highest BCUT2D eigenvalue weighted by atomic mass is 15.0. The number of benzene rings is 3. The Morgan fingerprint density at radius 3 is 1.38 bits per heavy atom. The third-order valence-corrected chi connectivity index (χ3v) is 3.82. The molecule has 0 spiro atoms. The minimum absolute atomic E-state index is 1.07. The monoisotopic (exact) mass is 312 g/mol. The molecule has 4 aromatic rings. The number of nitrogens with one attached hydrogen (secondary N) is 3. The average Bonchev–Trinajstić information content (AvgIpc) is 3.27. The van der Waals surface area contributed by atoms with E-state index in [0.29, 0.717) is 0 Å². The highest BCUT2D eigenvalue weighted by Crippen LogP contribution is 2.29. The van der Waals surface area contributed by atoms with Crippen molar-refractivity contribution < 1.29 is 4.99 Å². The maximum atomic E-state index is 3.47. The van der Waals surface area contributed by atoms with E-state index in [1.54, 1.807) is 0 Å². The molecule has 116 valence electrons. The zero-order chi connectivity index (χ0) is 16.2. The summed E-state index contributed by atoms with van der Waals surface area (Å²) in [5, 5.41) is 8.04. The molecule has 0 saturated carbocycles. The molecule has 0 unspecified atom stereocenters. The molecule has 0 heterocycles. The molecular formula is C21H18N3+. The lowest BCUT2D eigenvalue weighted by atomic mass is 10.3. The van der Waals surface area contributed by atoms with Gasteiger partial charge in [-0.1, -0.05) is 54.6 Å². The summed E-state index contributed by atoms with van der Waals surface area (Å²) in [6.45, 7) is 0. The van der Waals surface area contributed by atoms with Crippen LogP contribution in [0.2, 0.25) is 0 Å². The number of anilines is 4. The molecule has 0 amide bonds. The van der Waals surface area contributed by atoms with Gasteiger partial charge in [0.2, 0.25) is 5.69 Å². The average molecular weight is 312 g/mol. The first-order valence-electron chi connectivity index (χ1n) is 7.98. The van der Waals surface area contributed by atoms with E-state index in [-0.39, 0.29) is 0 Å². The van der Waals surface area contributed by atoms with Crippen molar-refractivity contribution in [3.05, 3.63) is 96.4 Å². The predicted molar refractivity (Wildman–Crippen MR) is 98.5 cm³/mol. The summed E-state index contributed by atoms with van der Waals surface area (Å²) in [6.07, 6.45) is 0. The minimum atomic E-state index is 1.07. The Bertz CT molecular complexity index is 878. The number of hydrogen-bond donors (Lipinski definition) is 3. The number of rotatable bonds is 5. The van der Waals surface area contributed by atoms with Gasteiger partial charge in [0, 0.05) is 23.5 Å². The van der Waals surface area contributed by atoms with E-state index >= 15 is 0 Å². The zero-order valence-corrected chi connectivity index (χ0v) is 13.2. The van der Waals surface area contributed by atoms with Gasteiger partial charge in [0.1, 0.15) is 11.4 Å². The highest BCUT2D eigenvalue weighted by Gasteiger charge is 2.26. The van der Waals surface area contributed by atoms with E-state index in [0.717, 1.165) is 33.8 Å². The first-order chi connectivity index (χ1) is 11.9. The first kappa shape index (κ1) is 14.3. The van der Waals surface area contributed by atoms with Crippen LogP contribution in [0, 0.1) is 0 Å². The Morgan fingerprint density at radius 2 is 0.917 bits per heavy atom. The van der Waals surface area contributed by atoms with Crippen molar-refractivity contribution in [2.24, 2.45) is 0 Å². The molecule has 0 aliphatic heterocycles. The molecule has 0 aliphatic carbocycles. The molecule has 4 rings (SSSR count). The molecule has 0 atom stereocenters. The normalized spacial score (nSPS) is 10.5. The van der Waals surface area contributed by atoms with E-state index < -0.39 is 0 Å². The standard InChI is InChI=1S/C21H17N3/c1-4-10-16(11-5-1)22-19-20(23-17-12-6-2-7-13-17)21(19)24-18-14-8-3-9-15-18/h1-15,22-23H/p+1. The van der Waals surface area contributed by atoms with Crippen LogP contribution in [0.3, 0.4) is 0 Å². The van der Waals surface area contributed by atoms with Crippen molar-refractivity contribution in [1.82, 2.24) is 0 Å². The van der Waals surface area contributed by atoms with Crippen molar-refractivity contribution in [3.63, 3.8) is 0 Å². The van der Waals surface area contributed by atoms with Gasteiger partial charge in [0.25, 0.3) is 5.36 Å². The van der Waals surface area contributed by atoms with Gasteiger partial charge < -0.3 is 10.6 Å². The highest BCUT2D eigenvalue weighted by molar-refractivity contribution is 5.88. The van der Waals surface area contributed by atoms with Gasteiger partial charge in [-0.3, -0.25) is 0 Å². The molecule has 0 saturated heterocycles. The van der Waals surface area contributed by atoms with Crippen LogP contribution in [0.4, 0.5) is 28.4 Å². The van der Waals surface area contributed by atoms with Crippen molar-refractivity contribution in [2.75, 3.05) is 10.6 Å². The van der Waals surface area contributed by atoms with Crippen molar-refractivity contribution >= 4 is 28.4 Å². The van der Waals surface area contributed by atoms with Crippen molar-refractivity contribution in [2.45, 2.75) is 0 Å². The Balaban J connectivity index is 1.66. The fourth-order valence-electron chi connectivity index (χ4n) is 2.56. The molecule has 0 aromatic heterocycles. The Hall–Kier alpha value is -3.33. The van der Waals surface area contributed by atoms with Crippen LogP contribution >= 0.6 is 0 Å². The van der Waals surface area contributed by atoms with Crippen LogP contribution in [-0.4, -0.2) is 0 Å². The Kier molecular flexibility index (Phi) is 3.82. The van der Waals surface area contributed by atoms with Crippen LogP contribution in [-0.2, 0) is 0 Å². The number of para-hydroxylation sites is 3. The van der Waals surface area contributed by atoms with Gasteiger partial charge in [-0.05, 0) is 24.3 Å². The van der Waals surface area contributed by atoms with E-state index in [1.807, 2.05) is 54.6 Å². The maximum Gasteiger partial charge on any atom is 0.256 e. The molecule has 0 radical (unpaired) electrons. The summed E-state index contributed by atoms with van der Waals surface area (Å²) in [7, 11) is 0. The second-order valence-electron chi connectivity index (χ2n) is 5.60. The van der Waals surface area contributed by atoms with Crippen LogP contribution in [0.1, 0.15) is 0 Å². The molecule has 4 aromatic carbocycles. The summed E-state index contributed by atoms with van der Waals surface area (Å²) in [5.74, 6) is 0. The largest absolute Gasteiger partial charge is 0.348 e. The topological polar surface area (TPSA) is 38.0 Å². The first-order valence-corrected chi connectivity index (χ1v) is 7.98. The lowest BCUT2D eigenvalue weighted by molar-refractivity contribution is -0.397. The Morgan fingerprint density at radius 1 is 0.500 bits per heavy atom. The molecule has 24 heavy (non-hydrogen) atoms. The molecule has 3 N–H and O–H groups in total. The summed E-state index contributed by atoms with van der Waals surface area (Å²) in [4.78, 5) is 3.47. The predicted octanol–water partition coefficient (Wildman–Crippen LogP) is 3.36. The Labute approximate surface area is 141 Å². The van der Waals surface area contributed by atoms with Gasteiger partial charge in [-0.25, -0.2) is 4.99 Å². The SMILES string of the molecule is c1ccc(Nc2c(Nc3ccccc3)c2=[NH+]c2ccccc2)cc1. The van der Waals surface area contributed by atoms with Crippen LogP contribution < -0.4 is 21.0 Å². The molecule has 3 heteroatoms. The second kappa shape index (κ2) is 6.42. The van der Waals surface area contributed by atoms with E-state index in [2.05, 4.69) is 52.0 Å². The summed E-state index contributed by atoms with van der Waals surface area (Å²) in [6, 6.07) is 30.6. The van der Waals surface area contributed by atoms with Crippen molar-refractivity contribution in [3.8, 4) is 0 Å². The third kappa shape index (κ3) is 3.20. The van der Waals surface area contributed by atoms with Crippen LogP contribution in [0.15, 0.2) is 91.0 Å². The number of hydrogen-bond acceptors (Lipinski definition) is 2. The molecular weight excluding hydrogens is 294 g/mol. The quantitative estimate of drug-likeness (QED) is 0.529. The maximum absolute atomic E-state index is 3.47.